The van der Waals surface area contributed by atoms with E-state index in [0.29, 0.717) is 17.5 Å². The quantitative estimate of drug-likeness (QED) is 0.176. The average molecular weight is 751 g/mol. The Morgan fingerprint density at radius 3 is 1.49 bits per heavy atom. The monoisotopic (exact) mass is 750 g/mol. The summed E-state index contributed by atoms with van der Waals surface area (Å²) in [7, 11) is 0. The summed E-state index contributed by atoms with van der Waals surface area (Å²) in [4.78, 5) is 20.3. The molecule has 0 unspecified atom stereocenters. The first-order valence-corrected chi connectivity index (χ1v) is 20.0. The number of aromatic nitrogens is 4. The van der Waals surface area contributed by atoms with Gasteiger partial charge in [-0.15, -0.1) is 0 Å². The van der Waals surface area contributed by atoms with Gasteiger partial charge in [0.05, 0.1) is 11.1 Å². The van der Waals surface area contributed by atoms with E-state index in [0.717, 1.165) is 44.5 Å². The van der Waals surface area contributed by atoms with Crippen LogP contribution in [0.4, 0.5) is 0 Å². The van der Waals surface area contributed by atoms with Gasteiger partial charge in [-0.25, -0.2) is 15.0 Å². The lowest BCUT2D eigenvalue weighted by molar-refractivity contribution is 0.794. The molecular formula is C55H34N4. The number of fused-ring (bicyclic) bond motifs is 11. The Kier molecular flexibility index (Phi) is 7.41. The summed E-state index contributed by atoms with van der Waals surface area (Å²) in [6.07, 6.45) is 1.85. The molecule has 4 heteroatoms. The van der Waals surface area contributed by atoms with Crippen molar-refractivity contribution in [2.75, 3.05) is 0 Å². The maximum atomic E-state index is 5.23. The maximum absolute atomic E-state index is 5.23. The van der Waals surface area contributed by atoms with E-state index >= 15 is 0 Å². The minimum Gasteiger partial charge on any atom is -0.256 e. The predicted molar refractivity (Wildman–Crippen MR) is 239 cm³/mol. The molecule has 0 bridgehead atoms. The molecule has 2 aliphatic carbocycles. The van der Waals surface area contributed by atoms with Crippen LogP contribution in [0.15, 0.2) is 206 Å². The molecule has 1 spiro atoms. The Hall–Kier alpha value is -7.82. The lowest BCUT2D eigenvalue weighted by Gasteiger charge is -2.30. The van der Waals surface area contributed by atoms with E-state index in [4.69, 9.17) is 19.9 Å². The molecule has 10 aromatic rings. The third kappa shape index (κ3) is 5.16. The van der Waals surface area contributed by atoms with Crippen molar-refractivity contribution in [3.8, 4) is 78.8 Å². The van der Waals surface area contributed by atoms with Gasteiger partial charge in [0.25, 0.3) is 0 Å². The first kappa shape index (κ1) is 33.3. The molecule has 4 nitrogen and oxygen atoms in total. The topological polar surface area (TPSA) is 51.6 Å². The molecule has 0 amide bonds. The summed E-state index contributed by atoms with van der Waals surface area (Å²) in [6.45, 7) is 0. The van der Waals surface area contributed by atoms with E-state index in [-0.39, 0.29) is 0 Å². The minimum atomic E-state index is -0.440. The molecule has 2 aromatic heterocycles. The number of hydrogen-bond acceptors (Lipinski definition) is 4. The maximum Gasteiger partial charge on any atom is 0.164 e. The molecule has 8 aromatic carbocycles. The van der Waals surface area contributed by atoms with Crippen LogP contribution in [0.3, 0.4) is 0 Å². The summed E-state index contributed by atoms with van der Waals surface area (Å²) in [5, 5.41) is 2.31. The molecule has 0 radical (unpaired) electrons. The van der Waals surface area contributed by atoms with Crippen LogP contribution in [-0.2, 0) is 5.41 Å². The third-order valence-electron chi connectivity index (χ3n) is 12.2. The van der Waals surface area contributed by atoms with Crippen LogP contribution in [0.25, 0.3) is 89.6 Å². The smallest absolute Gasteiger partial charge is 0.164 e. The van der Waals surface area contributed by atoms with Crippen LogP contribution in [0, 0.1) is 0 Å². The SMILES string of the molecule is c1ccc(-c2nc(-c3cc(-c4ccc5c(c4)C4(c6ccccc6-c6ccccc64)c4ccccc4-5)cc(-c4ccccn4)c3)nc(-c3ccc4ccccc4c3)n2)cc1. The molecule has 59 heavy (non-hydrogen) atoms. The molecule has 0 N–H and O–H groups in total. The highest BCUT2D eigenvalue weighted by Crippen LogP contribution is 2.63. The van der Waals surface area contributed by atoms with Crippen molar-refractivity contribution < 1.29 is 0 Å². The Morgan fingerprint density at radius 2 is 0.814 bits per heavy atom. The molecule has 12 rings (SSSR count). The molecule has 274 valence electrons. The van der Waals surface area contributed by atoms with E-state index in [2.05, 4.69) is 170 Å². The van der Waals surface area contributed by atoms with Gasteiger partial charge in [-0.1, -0.05) is 158 Å². The summed E-state index contributed by atoms with van der Waals surface area (Å²) >= 11 is 0. The van der Waals surface area contributed by atoms with Gasteiger partial charge in [-0.05, 0) is 109 Å². The lowest BCUT2D eigenvalue weighted by Crippen LogP contribution is -2.25. The van der Waals surface area contributed by atoms with E-state index in [1.54, 1.807) is 0 Å². The zero-order valence-corrected chi connectivity index (χ0v) is 31.9. The Morgan fingerprint density at radius 1 is 0.288 bits per heavy atom. The molecule has 0 saturated heterocycles. The van der Waals surface area contributed by atoms with E-state index in [9.17, 15) is 0 Å². The van der Waals surface area contributed by atoms with Crippen LogP contribution in [0.2, 0.25) is 0 Å². The van der Waals surface area contributed by atoms with Gasteiger partial charge in [0.1, 0.15) is 0 Å². The van der Waals surface area contributed by atoms with Crippen LogP contribution in [-0.4, -0.2) is 19.9 Å². The summed E-state index contributed by atoms with van der Waals surface area (Å²) < 4.78 is 0. The van der Waals surface area contributed by atoms with Gasteiger partial charge < -0.3 is 0 Å². The number of benzene rings is 8. The zero-order valence-electron chi connectivity index (χ0n) is 31.9. The number of nitrogens with zero attached hydrogens (tertiary/aromatic N) is 4. The van der Waals surface area contributed by atoms with Crippen molar-refractivity contribution >= 4 is 10.8 Å². The number of rotatable bonds is 5. The van der Waals surface area contributed by atoms with E-state index < -0.39 is 5.41 Å². The molecule has 0 fully saturated rings. The molecule has 2 aliphatic rings. The molecule has 0 aliphatic heterocycles. The van der Waals surface area contributed by atoms with E-state index in [1.165, 1.54) is 49.9 Å². The lowest BCUT2D eigenvalue weighted by atomic mass is 9.70. The summed E-state index contributed by atoms with van der Waals surface area (Å²) in [5.74, 6) is 1.85. The standard InChI is InChI=1S/C55H34N4/c1-2-15-36(16-3-1)52-57-53(39-26-25-35-14-4-5-17-37(35)30-39)59-54(58-52)42-32-40(31-41(33-42)51-24-12-13-29-56-51)38-27-28-46-45-20-8-11-23-49(45)55(50(46)34-38)47-21-9-6-18-43(47)44-19-7-10-22-48(44)55/h1-34H. The van der Waals surface area contributed by atoms with Crippen LogP contribution in [0.1, 0.15) is 22.3 Å². The largest absolute Gasteiger partial charge is 0.256 e. The second-order valence-corrected chi connectivity index (χ2v) is 15.4. The number of pyridine rings is 1. The van der Waals surface area contributed by atoms with Crippen molar-refractivity contribution in [3.05, 3.63) is 229 Å². The Labute approximate surface area is 342 Å². The first-order chi connectivity index (χ1) is 29.2. The van der Waals surface area contributed by atoms with E-state index in [1.807, 2.05) is 36.5 Å². The van der Waals surface area contributed by atoms with Gasteiger partial charge in [0, 0.05) is 28.5 Å². The van der Waals surface area contributed by atoms with Crippen molar-refractivity contribution in [2.24, 2.45) is 0 Å². The zero-order chi connectivity index (χ0) is 38.9. The fraction of sp³-hybridized carbons (Fsp3) is 0.0182. The highest BCUT2D eigenvalue weighted by molar-refractivity contribution is 5.96. The van der Waals surface area contributed by atoms with Gasteiger partial charge >= 0.3 is 0 Å². The van der Waals surface area contributed by atoms with Crippen molar-refractivity contribution in [2.45, 2.75) is 5.41 Å². The van der Waals surface area contributed by atoms with Crippen LogP contribution >= 0.6 is 0 Å². The molecule has 0 atom stereocenters. The van der Waals surface area contributed by atoms with Crippen molar-refractivity contribution in [1.29, 1.82) is 0 Å². The minimum absolute atomic E-state index is 0.440. The normalized spacial score (nSPS) is 12.9. The first-order valence-electron chi connectivity index (χ1n) is 20.0. The van der Waals surface area contributed by atoms with Gasteiger partial charge in [0.15, 0.2) is 17.5 Å². The van der Waals surface area contributed by atoms with Crippen molar-refractivity contribution in [3.63, 3.8) is 0 Å². The highest BCUT2D eigenvalue weighted by atomic mass is 15.0. The Balaban J connectivity index is 1.09. The van der Waals surface area contributed by atoms with Gasteiger partial charge in [-0.2, -0.15) is 0 Å². The van der Waals surface area contributed by atoms with Gasteiger partial charge in [-0.3, -0.25) is 4.98 Å². The second kappa shape index (κ2) is 13.1. The highest BCUT2D eigenvalue weighted by Gasteiger charge is 2.51. The second-order valence-electron chi connectivity index (χ2n) is 15.4. The van der Waals surface area contributed by atoms with Crippen LogP contribution in [0.5, 0.6) is 0 Å². The van der Waals surface area contributed by atoms with Gasteiger partial charge in [0.2, 0.25) is 0 Å². The molecular weight excluding hydrogens is 717 g/mol. The summed E-state index contributed by atoms with van der Waals surface area (Å²) in [5.41, 5.74) is 16.8. The Bertz CT molecular complexity index is 3220. The third-order valence-corrected chi connectivity index (χ3v) is 12.2. The molecule has 2 heterocycles. The predicted octanol–water partition coefficient (Wildman–Crippen LogP) is 13.1. The average Bonchev–Trinajstić information content (AvgIpc) is 3.79. The number of hydrogen-bond donors (Lipinski definition) is 0. The molecule has 0 saturated carbocycles. The summed E-state index contributed by atoms with van der Waals surface area (Å²) in [6, 6.07) is 71.5. The van der Waals surface area contributed by atoms with Crippen molar-refractivity contribution in [1.82, 2.24) is 19.9 Å². The fourth-order valence-electron chi connectivity index (χ4n) is 9.56. The fourth-order valence-corrected chi connectivity index (χ4v) is 9.56. The van der Waals surface area contributed by atoms with Crippen LogP contribution < -0.4 is 0 Å².